The van der Waals surface area contributed by atoms with E-state index in [1.165, 1.54) is 55.0 Å². The van der Waals surface area contributed by atoms with Crippen molar-refractivity contribution in [1.82, 2.24) is 9.62 Å². The number of anilines is 1. The van der Waals surface area contributed by atoms with Crippen LogP contribution in [-0.4, -0.2) is 54.9 Å². The van der Waals surface area contributed by atoms with Crippen molar-refractivity contribution >= 4 is 27.5 Å². The third-order valence-corrected chi connectivity index (χ3v) is 10.8. The van der Waals surface area contributed by atoms with Gasteiger partial charge in [0.25, 0.3) is 0 Å². The maximum absolute atomic E-state index is 13.2. The number of aliphatic hydroxyl groups is 1. The van der Waals surface area contributed by atoms with Crippen LogP contribution in [0.25, 0.3) is 0 Å². The minimum Gasteiger partial charge on any atom is -0.395 e. The fourth-order valence-electron chi connectivity index (χ4n) is 7.76. The number of sulfonamides is 1. The van der Waals surface area contributed by atoms with Crippen LogP contribution < -0.4 is 10.6 Å². The van der Waals surface area contributed by atoms with E-state index >= 15 is 0 Å². The molecule has 1 aromatic rings. The number of amides is 2. The fourth-order valence-corrected chi connectivity index (χ4v) is 9.43. The molecular formula is C27H37N3O5S. The quantitative estimate of drug-likeness (QED) is 0.437. The summed E-state index contributed by atoms with van der Waals surface area (Å²) < 4.78 is 27.7. The Balaban J connectivity index is 1.18. The highest BCUT2D eigenvalue weighted by molar-refractivity contribution is 7.89. The minimum atomic E-state index is -3.87. The van der Waals surface area contributed by atoms with Gasteiger partial charge in [0.15, 0.2) is 0 Å². The highest BCUT2D eigenvalue weighted by Crippen LogP contribution is 2.61. The topological polar surface area (TPSA) is 116 Å². The van der Waals surface area contributed by atoms with Gasteiger partial charge in [-0.15, -0.1) is 0 Å². The fraction of sp³-hybridized carbons (Fsp3) is 0.630. The first kappa shape index (κ1) is 25.4. The Bertz CT molecular complexity index is 1080. The van der Waals surface area contributed by atoms with Crippen LogP contribution in [0.3, 0.4) is 0 Å². The largest absolute Gasteiger partial charge is 0.395 e. The molecule has 2 atom stereocenters. The van der Waals surface area contributed by atoms with E-state index in [2.05, 4.69) is 17.2 Å². The van der Waals surface area contributed by atoms with Crippen LogP contribution in [0.4, 0.5) is 5.69 Å². The average molecular weight is 516 g/mol. The van der Waals surface area contributed by atoms with Crippen LogP contribution in [0.5, 0.6) is 0 Å². The first-order chi connectivity index (χ1) is 17.2. The monoisotopic (exact) mass is 515 g/mol. The van der Waals surface area contributed by atoms with Gasteiger partial charge in [-0.2, -0.15) is 4.31 Å². The molecule has 2 unspecified atom stereocenters. The summed E-state index contributed by atoms with van der Waals surface area (Å²) in [5, 5.41) is 15.4. The number of rotatable bonds is 9. The van der Waals surface area contributed by atoms with E-state index in [1.54, 1.807) is 12.1 Å². The van der Waals surface area contributed by atoms with E-state index in [0.717, 1.165) is 30.3 Å². The SMILES string of the molecule is C=CC(=O)NC1CC(CO)N(S(=O)(=O)c2ccc(NC(=O)CCC34CC5CC(CC(C5)C3)C4)cc2)C1. The van der Waals surface area contributed by atoms with Gasteiger partial charge in [0.05, 0.1) is 17.5 Å². The van der Waals surface area contributed by atoms with Crippen LogP contribution in [-0.2, 0) is 19.6 Å². The Morgan fingerprint density at radius 3 is 2.22 bits per heavy atom. The second-order valence-electron chi connectivity index (χ2n) is 11.5. The zero-order chi connectivity index (χ0) is 25.5. The number of carbonyl (C=O) groups is 2. The van der Waals surface area contributed by atoms with E-state index in [9.17, 15) is 23.1 Å². The van der Waals surface area contributed by atoms with Crippen molar-refractivity contribution < 1.29 is 23.1 Å². The lowest BCUT2D eigenvalue weighted by Gasteiger charge is -2.57. The summed E-state index contributed by atoms with van der Waals surface area (Å²) in [5.74, 6) is 2.19. The Labute approximate surface area is 213 Å². The molecule has 5 fully saturated rings. The molecule has 4 aliphatic carbocycles. The summed E-state index contributed by atoms with van der Waals surface area (Å²) in [7, 11) is -3.87. The van der Waals surface area contributed by atoms with Crippen LogP contribution in [0.2, 0.25) is 0 Å². The van der Waals surface area contributed by atoms with Gasteiger partial charge in [-0.1, -0.05) is 6.58 Å². The van der Waals surface area contributed by atoms with E-state index in [0.29, 0.717) is 23.9 Å². The van der Waals surface area contributed by atoms with Gasteiger partial charge in [0, 0.05) is 24.7 Å². The van der Waals surface area contributed by atoms with Crippen molar-refractivity contribution in [1.29, 1.82) is 0 Å². The molecule has 0 radical (unpaired) electrons. The van der Waals surface area contributed by atoms with Crippen molar-refractivity contribution in [2.45, 2.75) is 74.8 Å². The molecule has 9 heteroatoms. The first-order valence-corrected chi connectivity index (χ1v) is 14.6. The maximum Gasteiger partial charge on any atom is 0.243 e. The first-order valence-electron chi connectivity index (χ1n) is 13.2. The maximum atomic E-state index is 13.2. The summed E-state index contributed by atoms with van der Waals surface area (Å²) >= 11 is 0. The average Bonchev–Trinajstić information content (AvgIpc) is 3.26. The number of aliphatic hydroxyl groups excluding tert-OH is 1. The predicted octanol–water partition coefficient (Wildman–Crippen LogP) is 3.05. The second-order valence-corrected chi connectivity index (χ2v) is 13.4. The van der Waals surface area contributed by atoms with E-state index in [-0.39, 0.29) is 29.9 Å². The molecule has 4 bridgehead atoms. The zero-order valence-corrected chi connectivity index (χ0v) is 21.5. The summed E-state index contributed by atoms with van der Waals surface area (Å²) in [4.78, 5) is 24.4. The van der Waals surface area contributed by atoms with E-state index in [1.807, 2.05) is 0 Å². The zero-order valence-electron chi connectivity index (χ0n) is 20.7. The van der Waals surface area contributed by atoms with Gasteiger partial charge in [-0.25, -0.2) is 8.42 Å². The van der Waals surface area contributed by atoms with Crippen molar-refractivity contribution in [2.75, 3.05) is 18.5 Å². The summed E-state index contributed by atoms with van der Waals surface area (Å²) in [6.07, 6.45) is 10.9. The molecule has 1 heterocycles. The highest BCUT2D eigenvalue weighted by atomic mass is 32.2. The van der Waals surface area contributed by atoms with Crippen molar-refractivity contribution in [2.24, 2.45) is 23.2 Å². The molecule has 1 aliphatic heterocycles. The predicted molar refractivity (Wildman–Crippen MR) is 136 cm³/mol. The van der Waals surface area contributed by atoms with Gasteiger partial charge in [0.2, 0.25) is 21.8 Å². The molecule has 2 amide bonds. The van der Waals surface area contributed by atoms with E-state index in [4.69, 9.17) is 0 Å². The Kier molecular flexibility index (Phi) is 7.00. The van der Waals surface area contributed by atoms with Crippen LogP contribution in [0.15, 0.2) is 41.8 Å². The van der Waals surface area contributed by atoms with Crippen LogP contribution >= 0.6 is 0 Å². The number of nitrogens with one attached hydrogen (secondary N) is 2. The molecular weight excluding hydrogens is 478 g/mol. The third kappa shape index (κ3) is 5.10. The smallest absolute Gasteiger partial charge is 0.243 e. The van der Waals surface area contributed by atoms with Crippen molar-refractivity contribution in [3.8, 4) is 0 Å². The Morgan fingerprint density at radius 1 is 1.06 bits per heavy atom. The lowest BCUT2D eigenvalue weighted by atomic mass is 9.48. The number of hydrogen-bond donors (Lipinski definition) is 3. The van der Waals surface area contributed by atoms with Gasteiger partial charge in [0.1, 0.15) is 0 Å². The lowest BCUT2D eigenvalue weighted by molar-refractivity contribution is -0.118. The van der Waals surface area contributed by atoms with Crippen LogP contribution in [0, 0.1) is 23.2 Å². The third-order valence-electron chi connectivity index (χ3n) is 8.90. The van der Waals surface area contributed by atoms with Crippen molar-refractivity contribution in [3.05, 3.63) is 36.9 Å². The molecule has 6 rings (SSSR count). The van der Waals surface area contributed by atoms with Gasteiger partial charge in [-0.05, 0) is 105 Å². The molecule has 3 N–H and O–H groups in total. The number of benzene rings is 1. The Morgan fingerprint density at radius 2 is 1.67 bits per heavy atom. The van der Waals surface area contributed by atoms with Gasteiger partial charge in [-0.3, -0.25) is 9.59 Å². The van der Waals surface area contributed by atoms with Gasteiger partial charge >= 0.3 is 0 Å². The standard InChI is InChI=1S/C27H37N3O5S/c1-2-25(32)29-22-12-23(17-31)30(16-22)36(34,35)24-5-3-21(4-6-24)28-26(33)7-8-27-13-18-9-19(14-27)11-20(10-18)15-27/h2-6,18-20,22-23,31H,1,7-17H2,(H,28,33)(H,29,32). The number of nitrogens with zero attached hydrogens (tertiary/aromatic N) is 1. The number of hydrogen-bond acceptors (Lipinski definition) is 5. The molecule has 0 aromatic heterocycles. The van der Waals surface area contributed by atoms with Crippen molar-refractivity contribution in [3.63, 3.8) is 0 Å². The molecule has 196 valence electrons. The molecule has 5 aliphatic rings. The van der Waals surface area contributed by atoms with Crippen LogP contribution in [0.1, 0.15) is 57.8 Å². The summed E-state index contributed by atoms with van der Waals surface area (Å²) in [5.41, 5.74) is 0.923. The molecule has 1 saturated heterocycles. The second kappa shape index (κ2) is 9.91. The van der Waals surface area contributed by atoms with E-state index < -0.39 is 22.1 Å². The molecule has 8 nitrogen and oxygen atoms in total. The molecule has 4 saturated carbocycles. The summed E-state index contributed by atoms with van der Waals surface area (Å²) in [6.45, 7) is 3.16. The Hall–Kier alpha value is -2.23. The minimum absolute atomic E-state index is 0.0259. The normalized spacial score (nSPS) is 33.4. The molecule has 1 aromatic carbocycles. The lowest BCUT2D eigenvalue weighted by Crippen LogP contribution is -2.46. The summed E-state index contributed by atoms with van der Waals surface area (Å²) in [6, 6.07) is 5.17. The highest BCUT2D eigenvalue weighted by Gasteiger charge is 2.50. The molecule has 36 heavy (non-hydrogen) atoms. The number of carbonyl (C=O) groups excluding carboxylic acids is 2. The van der Waals surface area contributed by atoms with Gasteiger partial charge < -0.3 is 15.7 Å². The molecule has 0 spiro atoms.